The zero-order chi connectivity index (χ0) is 35.1. The minimum absolute atomic E-state index is 0. The Labute approximate surface area is 347 Å². The molecule has 2 aliphatic heterocycles. The molecular weight excluding hydrogens is 742 g/mol. The summed E-state index contributed by atoms with van der Waals surface area (Å²) >= 11 is 3.53. The average Bonchev–Trinajstić information content (AvgIpc) is 3.10. The first-order chi connectivity index (χ1) is 24.1. The smallest absolute Gasteiger partial charge is 0.744 e. The summed E-state index contributed by atoms with van der Waals surface area (Å²) < 4.78 is 52.1. The molecule has 0 unspecified atom stereocenters. The minimum atomic E-state index is -4.94. The molecule has 4 heterocycles. The fourth-order valence-corrected chi connectivity index (χ4v) is 5.69. The van der Waals surface area contributed by atoms with Crippen molar-refractivity contribution >= 4 is 112 Å². The quantitative estimate of drug-likeness (QED) is 0.0202. The van der Waals surface area contributed by atoms with E-state index in [0.29, 0.717) is 75.8 Å². The van der Waals surface area contributed by atoms with E-state index in [4.69, 9.17) is 25.8 Å². The number of benzene rings is 2. The molecule has 0 saturated carbocycles. The number of nitrogen functional groups attached to an aromatic ring is 2. The van der Waals surface area contributed by atoms with Crippen LogP contribution in [0.25, 0.3) is 12.2 Å². The summed E-state index contributed by atoms with van der Waals surface area (Å²) in [5, 5.41) is 10.5. The summed E-state index contributed by atoms with van der Waals surface area (Å²) in [5.41, 5.74) is 13.0. The minimum Gasteiger partial charge on any atom is -0.744 e. The van der Waals surface area contributed by atoms with Crippen molar-refractivity contribution in [1.82, 2.24) is 29.9 Å². The summed E-state index contributed by atoms with van der Waals surface area (Å²) in [4.78, 5) is 34.0. The molecule has 0 aliphatic carbocycles. The van der Waals surface area contributed by atoms with Gasteiger partial charge in [0.1, 0.15) is 10.1 Å². The predicted octanol–water partition coefficient (Wildman–Crippen LogP) is -1.83. The standard InChI is InChI=1S/C28H32N12O8S2.2Na/c29-23-33-25(37-27(35-23)39-7-11-44-12-8-39)31-19-5-3-17(21(15-19)46-47-48-49)1-2-18-4-6-20(16-22(18)50(41,42)43)32-26-34-24(30)36-28(38-26)40-9-13-45-14-10-40;;/h1-6,15-16,49H,7-14H2,(H,41,42,43)(H3,29,31,33,35,37)(H3,30,32,34,36,38);;/q;;+1/p-1/b2-1+;;. The van der Waals surface area contributed by atoms with Gasteiger partial charge in [0.05, 0.1) is 31.3 Å². The second-order valence-electron chi connectivity index (χ2n) is 10.6. The fourth-order valence-electron chi connectivity index (χ4n) is 4.96. The van der Waals surface area contributed by atoms with Gasteiger partial charge < -0.3 is 50.8 Å². The molecule has 6 N–H and O–H groups in total. The van der Waals surface area contributed by atoms with Gasteiger partial charge in [0, 0.05) is 91.7 Å². The van der Waals surface area contributed by atoms with Crippen LogP contribution in [0.2, 0.25) is 0 Å². The van der Waals surface area contributed by atoms with E-state index >= 15 is 0 Å². The first-order valence-electron chi connectivity index (χ1n) is 14.9. The number of nitrogens with two attached hydrogens (primary N) is 2. The van der Waals surface area contributed by atoms with Gasteiger partial charge in [-0.15, -0.1) is 4.33 Å². The molecule has 20 nitrogen and oxygen atoms in total. The van der Waals surface area contributed by atoms with E-state index in [0.717, 1.165) is 0 Å². The van der Waals surface area contributed by atoms with Gasteiger partial charge in [0.2, 0.25) is 35.7 Å². The van der Waals surface area contributed by atoms with E-state index in [2.05, 4.69) is 62.8 Å². The van der Waals surface area contributed by atoms with Crippen LogP contribution in [0.4, 0.5) is 47.1 Å². The van der Waals surface area contributed by atoms with Gasteiger partial charge in [-0.05, 0) is 34.9 Å². The zero-order valence-electron chi connectivity index (χ0n) is 28.1. The number of hydrogen-bond acceptors (Lipinski definition) is 21. The van der Waals surface area contributed by atoms with E-state index in [1.54, 1.807) is 18.2 Å². The van der Waals surface area contributed by atoms with Crippen molar-refractivity contribution in [1.29, 1.82) is 0 Å². The van der Waals surface area contributed by atoms with E-state index < -0.39 is 15.0 Å². The van der Waals surface area contributed by atoms with Gasteiger partial charge in [-0.3, -0.25) is 0 Å². The van der Waals surface area contributed by atoms with E-state index in [1.165, 1.54) is 30.4 Å². The van der Waals surface area contributed by atoms with E-state index in [-0.39, 0.29) is 99.9 Å². The number of nitrogens with one attached hydrogen (secondary N) is 2. The third-order valence-corrected chi connectivity index (χ3v) is 8.23. The first-order valence-corrected chi connectivity index (χ1v) is 16.7. The molecule has 0 amide bonds. The molecule has 4 aromatic rings. The second kappa shape index (κ2) is 19.3. The van der Waals surface area contributed by atoms with Crippen LogP contribution in [0.3, 0.4) is 0 Å². The predicted molar refractivity (Wildman–Crippen MR) is 188 cm³/mol. The van der Waals surface area contributed by atoms with Gasteiger partial charge in [-0.25, -0.2) is 8.42 Å². The molecule has 2 fully saturated rings. The summed E-state index contributed by atoms with van der Waals surface area (Å²) in [6.07, 6.45) is 2.93. The van der Waals surface area contributed by atoms with Crippen molar-refractivity contribution in [2.75, 3.05) is 84.5 Å². The Morgan fingerprint density at radius 2 is 1.25 bits per heavy atom. The third-order valence-electron chi connectivity index (χ3n) is 7.28. The molecule has 0 spiro atoms. The number of ether oxygens (including phenoxy) is 2. The first kappa shape index (κ1) is 41.7. The molecule has 1 radical (unpaired) electrons. The Balaban J connectivity index is 0.00000302. The molecule has 24 heteroatoms. The van der Waals surface area contributed by atoms with E-state index in [1.807, 2.05) is 9.80 Å². The Morgan fingerprint density at radius 1 is 0.769 bits per heavy atom. The number of hydrogen-bond donors (Lipinski definition) is 5. The molecule has 0 atom stereocenters. The molecule has 265 valence electrons. The van der Waals surface area contributed by atoms with Crippen LogP contribution in [0.1, 0.15) is 11.1 Å². The van der Waals surface area contributed by atoms with Gasteiger partial charge in [0.25, 0.3) is 0 Å². The second-order valence-corrected chi connectivity index (χ2v) is 12.1. The summed E-state index contributed by atoms with van der Waals surface area (Å²) in [6, 6.07) is 9.00. The zero-order valence-corrected chi connectivity index (χ0v) is 33.8. The van der Waals surface area contributed by atoms with Crippen LogP contribution in [0.15, 0.2) is 41.3 Å². The maximum absolute atomic E-state index is 12.4. The molecule has 2 saturated heterocycles. The number of morpholine rings is 2. The molecule has 0 bridgehead atoms. The summed E-state index contributed by atoms with van der Waals surface area (Å²) in [6.45, 7) is 4.40. The Morgan fingerprint density at radius 3 is 1.75 bits per heavy atom. The molecule has 2 aromatic heterocycles. The Bertz CT molecular complexity index is 1970. The Kier molecular flexibility index (Phi) is 15.5. The van der Waals surface area contributed by atoms with Crippen LogP contribution in [0.5, 0.6) is 5.75 Å². The molecular formula is C28H31N12Na2O8S2. The number of nitrogens with zero attached hydrogens (tertiary/aromatic N) is 8. The monoisotopic (exact) mass is 773 g/mol. The molecule has 2 aromatic carbocycles. The molecule has 52 heavy (non-hydrogen) atoms. The number of thiol groups is 1. The van der Waals surface area contributed by atoms with Crippen molar-refractivity contribution in [3.8, 4) is 5.75 Å². The normalized spacial score (nSPS) is 14.7. The number of anilines is 8. The van der Waals surface area contributed by atoms with E-state index in [9.17, 15) is 13.0 Å². The maximum Gasteiger partial charge on any atom is 1.00 e. The van der Waals surface area contributed by atoms with Crippen LogP contribution in [0, 0.1) is 0 Å². The fraction of sp³-hybridized carbons (Fsp3) is 0.286. The van der Waals surface area contributed by atoms with Crippen molar-refractivity contribution in [2.45, 2.75) is 4.90 Å². The molecule has 6 rings (SSSR count). The van der Waals surface area contributed by atoms with Crippen molar-refractivity contribution < 1.29 is 66.3 Å². The van der Waals surface area contributed by atoms with Gasteiger partial charge in [0.15, 0.2) is 5.75 Å². The van der Waals surface area contributed by atoms with Crippen LogP contribution in [-0.2, 0) is 29.0 Å². The number of rotatable bonds is 12. The summed E-state index contributed by atoms with van der Waals surface area (Å²) in [7, 11) is -4.94. The van der Waals surface area contributed by atoms with Crippen molar-refractivity contribution in [3.05, 3.63) is 47.5 Å². The molecule has 2 aliphatic rings. The van der Waals surface area contributed by atoms with Crippen LogP contribution < -0.4 is 66.3 Å². The average molecular weight is 774 g/mol. The number of aromatic nitrogens is 6. The van der Waals surface area contributed by atoms with Gasteiger partial charge >= 0.3 is 29.6 Å². The van der Waals surface area contributed by atoms with Crippen LogP contribution >= 0.6 is 12.9 Å². The summed E-state index contributed by atoms with van der Waals surface area (Å²) in [5.74, 6) is 1.07. The van der Waals surface area contributed by atoms with Crippen LogP contribution in [-0.4, -0.2) is 125 Å². The third kappa shape index (κ3) is 11.2. The van der Waals surface area contributed by atoms with Gasteiger partial charge in [-0.2, -0.15) is 29.9 Å². The van der Waals surface area contributed by atoms with Gasteiger partial charge in [-0.1, -0.05) is 18.2 Å². The SMILES string of the molecule is Nc1nc(Nc2ccc(/C=C/c3ccc(Nc4nc(N)nc(N5CCOCC5)n4)cc3S(=O)(=O)[O-])c(OOOS)c2)nc(N2CCOCC2)n1.[Na+].[Na]. The largest absolute Gasteiger partial charge is 1.00 e. The maximum atomic E-state index is 12.4. The van der Waals surface area contributed by atoms with Crippen molar-refractivity contribution in [2.24, 2.45) is 0 Å². The van der Waals surface area contributed by atoms with Crippen molar-refractivity contribution in [3.63, 3.8) is 0 Å². The Hall–Kier alpha value is -3.10. The topological polar surface area (TPSA) is 263 Å².